The van der Waals surface area contributed by atoms with Crippen LogP contribution in [-0.4, -0.2) is 50.9 Å². The minimum atomic E-state index is 0.00533. The average molecular weight is 304 g/mol. The van der Waals surface area contributed by atoms with E-state index in [1.54, 1.807) is 19.0 Å². The molecule has 0 aromatic heterocycles. The van der Waals surface area contributed by atoms with Gasteiger partial charge in [0.1, 0.15) is 0 Å². The fourth-order valence-electron chi connectivity index (χ4n) is 2.90. The first-order chi connectivity index (χ1) is 10.5. The van der Waals surface area contributed by atoms with Crippen LogP contribution in [0.4, 0.5) is 0 Å². The molecule has 1 aromatic rings. The molecule has 2 amide bonds. The Hall–Kier alpha value is -1.88. The average Bonchev–Trinajstić information content (AvgIpc) is 2.47. The van der Waals surface area contributed by atoms with Gasteiger partial charge in [0.2, 0.25) is 0 Å². The lowest BCUT2D eigenvalue weighted by molar-refractivity contribution is -0.862. The van der Waals surface area contributed by atoms with E-state index in [1.165, 1.54) is 11.1 Å². The lowest BCUT2D eigenvalue weighted by Gasteiger charge is -2.26. The number of hydrogen-bond donors (Lipinski definition) is 2. The van der Waals surface area contributed by atoms with Gasteiger partial charge in [-0.3, -0.25) is 9.59 Å². The van der Waals surface area contributed by atoms with Gasteiger partial charge in [-0.15, -0.1) is 0 Å². The summed E-state index contributed by atoms with van der Waals surface area (Å²) in [5, 5.41) is 3.12. The van der Waals surface area contributed by atoms with Gasteiger partial charge in [0, 0.05) is 14.1 Å². The van der Waals surface area contributed by atoms with Crippen LogP contribution in [0.5, 0.6) is 0 Å². The van der Waals surface area contributed by atoms with Crippen molar-refractivity contribution in [2.75, 3.05) is 34.2 Å². The molecule has 22 heavy (non-hydrogen) atoms. The monoisotopic (exact) mass is 304 g/mol. The van der Waals surface area contributed by atoms with Gasteiger partial charge < -0.3 is 15.1 Å². The Labute approximate surface area is 132 Å². The third kappa shape index (κ3) is 4.31. The maximum absolute atomic E-state index is 12.2. The van der Waals surface area contributed by atoms with E-state index in [-0.39, 0.29) is 17.9 Å². The Kier molecular flexibility index (Phi) is 5.55. The van der Waals surface area contributed by atoms with Crippen molar-refractivity contribution in [2.45, 2.75) is 25.3 Å². The normalized spacial score (nSPS) is 18.2. The number of carbonyl (C=O) groups is 2. The number of quaternary nitrogens is 1. The molecule has 0 radical (unpaired) electrons. The first kappa shape index (κ1) is 16.5. The summed E-state index contributed by atoms with van der Waals surface area (Å²) in [6.07, 6.45) is 3.17. The second kappa shape index (κ2) is 7.40. The molecule has 0 spiro atoms. The zero-order valence-corrected chi connectivity index (χ0v) is 13.7. The van der Waals surface area contributed by atoms with Crippen molar-refractivity contribution in [3.8, 4) is 0 Å². The second-order valence-electron chi connectivity index (χ2n) is 6.31. The van der Waals surface area contributed by atoms with E-state index in [0.717, 1.165) is 24.2 Å². The lowest BCUT2D eigenvalue weighted by atomic mass is 9.88. The number of benzene rings is 1. The molecule has 1 aliphatic carbocycles. The van der Waals surface area contributed by atoms with Gasteiger partial charge in [-0.2, -0.15) is 0 Å². The molecule has 120 valence electrons. The highest BCUT2D eigenvalue weighted by Crippen LogP contribution is 2.29. The van der Waals surface area contributed by atoms with E-state index >= 15 is 0 Å². The minimum absolute atomic E-state index is 0.00533. The Balaban J connectivity index is 1.89. The van der Waals surface area contributed by atoms with Gasteiger partial charge in [0.15, 0.2) is 13.1 Å². The van der Waals surface area contributed by atoms with Crippen LogP contribution in [0.1, 0.15) is 30.0 Å². The number of likely N-dealkylation sites (N-methyl/N-ethyl adjacent to an activating group) is 2. The molecule has 1 aliphatic rings. The van der Waals surface area contributed by atoms with Crippen molar-refractivity contribution < 1.29 is 14.5 Å². The molecule has 2 N–H and O–H groups in total. The summed E-state index contributed by atoms with van der Waals surface area (Å²) >= 11 is 0. The van der Waals surface area contributed by atoms with Crippen LogP contribution < -0.4 is 10.2 Å². The molecule has 2 rings (SSSR count). The highest BCUT2D eigenvalue weighted by Gasteiger charge is 2.23. The van der Waals surface area contributed by atoms with E-state index in [0.29, 0.717) is 13.1 Å². The topological polar surface area (TPSA) is 53.9 Å². The smallest absolute Gasteiger partial charge is 0.277 e. The van der Waals surface area contributed by atoms with Gasteiger partial charge in [-0.1, -0.05) is 24.3 Å². The van der Waals surface area contributed by atoms with Gasteiger partial charge in [-0.05, 0) is 30.4 Å². The van der Waals surface area contributed by atoms with Crippen LogP contribution in [0.3, 0.4) is 0 Å². The molecular formula is C17H26N3O2+. The Morgan fingerprint density at radius 1 is 1.27 bits per heavy atom. The van der Waals surface area contributed by atoms with Crippen LogP contribution in [0.25, 0.3) is 0 Å². The van der Waals surface area contributed by atoms with Crippen LogP contribution in [0, 0.1) is 0 Å². The molecule has 0 fully saturated rings. The van der Waals surface area contributed by atoms with Crippen LogP contribution in [-0.2, 0) is 16.0 Å². The van der Waals surface area contributed by atoms with Crippen molar-refractivity contribution in [1.29, 1.82) is 0 Å². The van der Waals surface area contributed by atoms with E-state index in [4.69, 9.17) is 0 Å². The van der Waals surface area contributed by atoms with Crippen molar-refractivity contribution in [3.63, 3.8) is 0 Å². The summed E-state index contributed by atoms with van der Waals surface area (Å²) in [5.41, 5.74) is 2.58. The largest absolute Gasteiger partial charge is 0.344 e. The fraction of sp³-hybridized carbons (Fsp3) is 0.529. The number of hydrogen-bond acceptors (Lipinski definition) is 2. The first-order valence-electron chi connectivity index (χ1n) is 7.86. The zero-order valence-electron chi connectivity index (χ0n) is 13.7. The summed E-state index contributed by atoms with van der Waals surface area (Å²) in [5.74, 6) is 0.0408. The predicted molar refractivity (Wildman–Crippen MR) is 85.6 cm³/mol. The number of nitrogens with zero attached hydrogens (tertiary/aromatic N) is 1. The standard InChI is InChI=1S/C17H25N3O2/c1-19(2)17(22)12-20(3)11-16(21)18-15-10-6-8-13-7-4-5-9-14(13)15/h4-5,7,9,15H,6,8,10-12H2,1-3H3,(H,18,21)/p+1/t15-/m0/s1. The summed E-state index contributed by atoms with van der Waals surface area (Å²) in [6, 6.07) is 8.42. The van der Waals surface area contributed by atoms with Crippen LogP contribution >= 0.6 is 0 Å². The number of rotatable bonds is 5. The summed E-state index contributed by atoms with van der Waals surface area (Å²) < 4.78 is 0. The first-order valence-corrected chi connectivity index (χ1v) is 7.86. The van der Waals surface area contributed by atoms with Gasteiger partial charge in [0.25, 0.3) is 11.8 Å². The number of carbonyl (C=O) groups excluding carboxylic acids is 2. The quantitative estimate of drug-likeness (QED) is 0.790. The van der Waals surface area contributed by atoms with E-state index < -0.39 is 0 Å². The summed E-state index contributed by atoms with van der Waals surface area (Å²) in [6.45, 7) is 0.653. The number of fused-ring (bicyclic) bond motifs is 1. The van der Waals surface area contributed by atoms with E-state index in [1.807, 2.05) is 19.2 Å². The molecule has 0 aliphatic heterocycles. The molecule has 1 aromatic carbocycles. The zero-order chi connectivity index (χ0) is 16.1. The van der Waals surface area contributed by atoms with E-state index in [9.17, 15) is 9.59 Å². The van der Waals surface area contributed by atoms with Gasteiger partial charge in [0.05, 0.1) is 13.1 Å². The van der Waals surface area contributed by atoms with Gasteiger partial charge >= 0.3 is 0 Å². The Bertz CT molecular complexity index is 542. The third-order valence-electron chi connectivity index (χ3n) is 4.12. The molecule has 0 heterocycles. The van der Waals surface area contributed by atoms with Crippen molar-refractivity contribution in [2.24, 2.45) is 0 Å². The third-order valence-corrected chi connectivity index (χ3v) is 4.12. The van der Waals surface area contributed by atoms with Crippen molar-refractivity contribution >= 4 is 11.8 Å². The van der Waals surface area contributed by atoms with Gasteiger partial charge in [-0.25, -0.2) is 0 Å². The molecule has 1 unspecified atom stereocenters. The Morgan fingerprint density at radius 2 is 2.00 bits per heavy atom. The molecule has 0 bridgehead atoms. The van der Waals surface area contributed by atoms with E-state index in [2.05, 4.69) is 17.4 Å². The number of nitrogens with one attached hydrogen (secondary N) is 2. The highest BCUT2D eigenvalue weighted by atomic mass is 16.2. The van der Waals surface area contributed by atoms with Crippen molar-refractivity contribution in [3.05, 3.63) is 35.4 Å². The summed E-state index contributed by atoms with van der Waals surface area (Å²) in [7, 11) is 5.33. The SMILES string of the molecule is CN(C)C(=O)C[NH+](C)CC(=O)N[C@H]1CCCc2ccccc21. The second-order valence-corrected chi connectivity index (χ2v) is 6.31. The number of aryl methyl sites for hydroxylation is 1. The minimum Gasteiger partial charge on any atom is -0.344 e. The lowest BCUT2D eigenvalue weighted by Crippen LogP contribution is -3.11. The molecule has 0 saturated carbocycles. The van der Waals surface area contributed by atoms with Crippen molar-refractivity contribution in [1.82, 2.24) is 10.2 Å². The molecule has 0 saturated heterocycles. The van der Waals surface area contributed by atoms with Crippen LogP contribution in [0.15, 0.2) is 24.3 Å². The molecular weight excluding hydrogens is 278 g/mol. The highest BCUT2D eigenvalue weighted by molar-refractivity contribution is 5.79. The Morgan fingerprint density at radius 3 is 2.73 bits per heavy atom. The molecule has 2 atom stereocenters. The molecule has 5 heteroatoms. The molecule has 5 nitrogen and oxygen atoms in total. The maximum Gasteiger partial charge on any atom is 0.277 e. The predicted octanol–water partition coefficient (Wildman–Crippen LogP) is -0.217. The fourth-order valence-corrected chi connectivity index (χ4v) is 2.90. The number of amides is 2. The van der Waals surface area contributed by atoms with Crippen LogP contribution in [0.2, 0.25) is 0 Å². The maximum atomic E-state index is 12.2. The summed E-state index contributed by atoms with van der Waals surface area (Å²) in [4.78, 5) is 26.3.